The number of nitrogens with zero attached hydrogens (tertiary/aromatic N) is 2. The number of benzene rings is 1. The number of hydrogen-bond donors (Lipinski definition) is 1. The van der Waals surface area contributed by atoms with Crippen LogP contribution in [0.4, 0.5) is 0 Å². The summed E-state index contributed by atoms with van der Waals surface area (Å²) >= 11 is 0. The smallest absolute Gasteiger partial charge is 0.257 e. The molecule has 0 saturated carbocycles. The molecule has 0 spiro atoms. The van der Waals surface area contributed by atoms with Crippen molar-refractivity contribution in [1.82, 2.24) is 15.1 Å². The number of nitrogens with one attached hydrogen (secondary N) is 1. The van der Waals surface area contributed by atoms with E-state index in [1.54, 1.807) is 13.3 Å². The second kappa shape index (κ2) is 7.49. The number of aryl methyl sites for hydroxylation is 1. The molecule has 1 atom stereocenters. The molecule has 1 saturated heterocycles. The maximum Gasteiger partial charge on any atom is 0.257 e. The first-order chi connectivity index (χ1) is 11.7. The Hall–Kier alpha value is -2.34. The minimum atomic E-state index is -0.0282. The lowest BCUT2D eigenvalue weighted by atomic mass is 10.1. The van der Waals surface area contributed by atoms with Crippen molar-refractivity contribution in [3.05, 3.63) is 47.3 Å². The fraction of sp³-hybridized carbons (Fsp3) is 0.444. The molecule has 24 heavy (non-hydrogen) atoms. The summed E-state index contributed by atoms with van der Waals surface area (Å²) in [4.78, 5) is 14.8. The van der Waals surface area contributed by atoms with Crippen LogP contribution in [0.15, 0.2) is 30.5 Å². The first kappa shape index (κ1) is 16.5. The number of H-pyrrole nitrogens is 1. The zero-order valence-corrected chi connectivity index (χ0v) is 14.1. The Kier molecular flexibility index (Phi) is 5.15. The molecule has 6 heteroatoms. The first-order valence-electron chi connectivity index (χ1n) is 8.21. The van der Waals surface area contributed by atoms with Crippen molar-refractivity contribution in [1.29, 1.82) is 0 Å². The topological polar surface area (TPSA) is 67.5 Å². The molecule has 1 unspecified atom stereocenters. The van der Waals surface area contributed by atoms with Crippen LogP contribution in [0.3, 0.4) is 0 Å². The first-order valence-corrected chi connectivity index (χ1v) is 8.21. The lowest BCUT2D eigenvalue weighted by Gasteiger charge is -2.25. The highest BCUT2D eigenvalue weighted by Crippen LogP contribution is 2.20. The number of ether oxygens (including phenoxy) is 2. The molecule has 0 bridgehead atoms. The van der Waals surface area contributed by atoms with E-state index in [1.807, 2.05) is 36.1 Å². The molecule has 1 aromatic heterocycles. The third-order valence-electron chi connectivity index (χ3n) is 4.30. The summed E-state index contributed by atoms with van der Waals surface area (Å²) in [5.41, 5.74) is 2.42. The Bertz CT molecular complexity index is 692. The predicted molar refractivity (Wildman–Crippen MR) is 90.0 cm³/mol. The van der Waals surface area contributed by atoms with Gasteiger partial charge in [0.05, 0.1) is 25.0 Å². The molecular weight excluding hydrogens is 306 g/mol. The molecule has 1 aliphatic rings. The zero-order valence-electron chi connectivity index (χ0n) is 14.1. The van der Waals surface area contributed by atoms with Crippen molar-refractivity contribution >= 4 is 5.91 Å². The van der Waals surface area contributed by atoms with Gasteiger partial charge in [-0.25, -0.2) is 0 Å². The number of rotatable bonds is 6. The van der Waals surface area contributed by atoms with E-state index >= 15 is 0 Å². The maximum atomic E-state index is 13.0. The molecule has 1 amide bonds. The van der Waals surface area contributed by atoms with Crippen molar-refractivity contribution in [2.75, 3.05) is 20.3 Å². The van der Waals surface area contributed by atoms with Crippen LogP contribution >= 0.6 is 0 Å². The van der Waals surface area contributed by atoms with Crippen LogP contribution in [0, 0.1) is 6.92 Å². The third kappa shape index (κ3) is 3.76. The number of amides is 1. The van der Waals surface area contributed by atoms with Gasteiger partial charge in [0.2, 0.25) is 0 Å². The Morgan fingerprint density at radius 1 is 1.50 bits per heavy atom. The van der Waals surface area contributed by atoms with Crippen LogP contribution in [0.5, 0.6) is 5.75 Å². The molecule has 2 aromatic rings. The molecule has 3 rings (SSSR count). The van der Waals surface area contributed by atoms with Crippen molar-refractivity contribution in [2.45, 2.75) is 32.4 Å². The standard InChI is InChI=1S/C18H23N3O3/c1-13-17(10-19-20-13)18(22)21(12-16-7-4-8-24-16)11-14-5-3-6-15(9-14)23-2/h3,5-6,9-10,16H,4,7-8,11-12H2,1-2H3,(H,19,20). The van der Waals surface area contributed by atoms with E-state index in [1.165, 1.54) is 0 Å². The van der Waals surface area contributed by atoms with E-state index in [4.69, 9.17) is 9.47 Å². The van der Waals surface area contributed by atoms with Gasteiger partial charge in [-0.2, -0.15) is 5.10 Å². The van der Waals surface area contributed by atoms with Crippen LogP contribution in [-0.4, -0.2) is 47.4 Å². The van der Waals surface area contributed by atoms with Gasteiger partial charge >= 0.3 is 0 Å². The molecule has 1 N–H and O–H groups in total. The average molecular weight is 329 g/mol. The summed E-state index contributed by atoms with van der Waals surface area (Å²) in [7, 11) is 1.64. The van der Waals surface area contributed by atoms with E-state index in [0.717, 1.165) is 36.5 Å². The van der Waals surface area contributed by atoms with Crippen molar-refractivity contribution < 1.29 is 14.3 Å². The van der Waals surface area contributed by atoms with Crippen LogP contribution in [0.2, 0.25) is 0 Å². The molecule has 1 aromatic carbocycles. The number of methoxy groups -OCH3 is 1. The van der Waals surface area contributed by atoms with Crippen LogP contribution in [-0.2, 0) is 11.3 Å². The maximum absolute atomic E-state index is 13.0. The van der Waals surface area contributed by atoms with E-state index < -0.39 is 0 Å². The van der Waals surface area contributed by atoms with Gasteiger partial charge in [0, 0.05) is 25.4 Å². The van der Waals surface area contributed by atoms with Gasteiger partial charge in [-0.1, -0.05) is 12.1 Å². The van der Waals surface area contributed by atoms with Gasteiger partial charge in [-0.3, -0.25) is 9.89 Å². The Labute approximate surface area is 141 Å². The number of aromatic amines is 1. The summed E-state index contributed by atoms with van der Waals surface area (Å²) in [5.74, 6) is 0.760. The summed E-state index contributed by atoms with van der Waals surface area (Å²) in [6, 6.07) is 7.79. The quantitative estimate of drug-likeness (QED) is 0.884. The van der Waals surface area contributed by atoms with Gasteiger partial charge < -0.3 is 14.4 Å². The number of carbonyl (C=O) groups is 1. The highest BCUT2D eigenvalue weighted by atomic mass is 16.5. The van der Waals surface area contributed by atoms with Gasteiger partial charge in [-0.05, 0) is 37.5 Å². The second-order valence-electron chi connectivity index (χ2n) is 6.08. The summed E-state index contributed by atoms with van der Waals surface area (Å²) in [6.45, 7) is 3.73. The van der Waals surface area contributed by atoms with Crippen LogP contribution in [0.1, 0.15) is 34.5 Å². The SMILES string of the molecule is COc1cccc(CN(CC2CCCO2)C(=O)c2cn[nH]c2C)c1. The number of hydrogen-bond acceptors (Lipinski definition) is 4. The largest absolute Gasteiger partial charge is 0.497 e. The zero-order chi connectivity index (χ0) is 16.9. The fourth-order valence-corrected chi connectivity index (χ4v) is 2.98. The Morgan fingerprint density at radius 3 is 3.04 bits per heavy atom. The molecule has 6 nitrogen and oxygen atoms in total. The van der Waals surface area contributed by atoms with Gasteiger partial charge in [0.25, 0.3) is 5.91 Å². The number of aromatic nitrogens is 2. The molecule has 0 aliphatic carbocycles. The van der Waals surface area contributed by atoms with Crippen molar-refractivity contribution in [3.63, 3.8) is 0 Å². The second-order valence-corrected chi connectivity index (χ2v) is 6.08. The van der Waals surface area contributed by atoms with E-state index in [2.05, 4.69) is 10.2 Å². The Balaban J connectivity index is 1.80. The van der Waals surface area contributed by atoms with Crippen LogP contribution < -0.4 is 4.74 Å². The molecule has 0 radical (unpaired) electrons. The number of carbonyl (C=O) groups excluding carboxylic acids is 1. The highest BCUT2D eigenvalue weighted by Gasteiger charge is 2.25. The minimum absolute atomic E-state index is 0.0282. The highest BCUT2D eigenvalue weighted by molar-refractivity contribution is 5.95. The summed E-state index contributed by atoms with van der Waals surface area (Å²) in [6.07, 6.45) is 3.74. The van der Waals surface area contributed by atoms with E-state index in [0.29, 0.717) is 18.7 Å². The van der Waals surface area contributed by atoms with Gasteiger partial charge in [0.1, 0.15) is 5.75 Å². The lowest BCUT2D eigenvalue weighted by molar-refractivity contribution is 0.0506. The van der Waals surface area contributed by atoms with Crippen molar-refractivity contribution in [3.8, 4) is 5.75 Å². The van der Waals surface area contributed by atoms with E-state index in [-0.39, 0.29) is 12.0 Å². The molecule has 2 heterocycles. The molecular formula is C18H23N3O3. The van der Waals surface area contributed by atoms with Crippen LogP contribution in [0.25, 0.3) is 0 Å². The lowest BCUT2D eigenvalue weighted by Crippen LogP contribution is -2.37. The molecule has 128 valence electrons. The van der Waals surface area contributed by atoms with Gasteiger partial charge in [0.15, 0.2) is 0 Å². The van der Waals surface area contributed by atoms with E-state index in [9.17, 15) is 4.79 Å². The van der Waals surface area contributed by atoms with Crippen molar-refractivity contribution in [2.24, 2.45) is 0 Å². The van der Waals surface area contributed by atoms with Gasteiger partial charge in [-0.15, -0.1) is 0 Å². The Morgan fingerprint density at radius 2 is 2.38 bits per heavy atom. The average Bonchev–Trinajstić information content (AvgIpc) is 3.25. The predicted octanol–water partition coefficient (Wildman–Crippen LogP) is 2.55. The molecule has 1 aliphatic heterocycles. The summed E-state index contributed by atoms with van der Waals surface area (Å²) < 4.78 is 11.0. The molecule has 1 fully saturated rings. The normalized spacial score (nSPS) is 17.0. The third-order valence-corrected chi connectivity index (χ3v) is 4.30. The summed E-state index contributed by atoms with van der Waals surface area (Å²) in [5, 5.41) is 6.80. The minimum Gasteiger partial charge on any atom is -0.497 e. The monoisotopic (exact) mass is 329 g/mol. The fourth-order valence-electron chi connectivity index (χ4n) is 2.98.